The molecule has 100 heavy (non-hydrogen) atoms. The largest absolute Gasteiger partial charge is 0.508 e. The van der Waals surface area contributed by atoms with Crippen LogP contribution < -0.4 is 9.47 Å². The van der Waals surface area contributed by atoms with E-state index in [1.54, 1.807) is 30.3 Å². The van der Waals surface area contributed by atoms with Crippen molar-refractivity contribution in [3.05, 3.63) is 185 Å². The highest BCUT2D eigenvalue weighted by Crippen LogP contribution is 2.35. The van der Waals surface area contributed by atoms with Crippen LogP contribution in [-0.4, -0.2) is 197 Å². The van der Waals surface area contributed by atoms with Gasteiger partial charge in [0.15, 0.2) is 68.8 Å². The average molecular weight is 1410 g/mol. The number of carboxylic acid groups (broad SMARTS) is 10. The Bertz CT molecular complexity index is 4030. The van der Waals surface area contributed by atoms with Crippen LogP contribution >= 0.6 is 0 Å². The minimum absolute atomic E-state index is 0.0181. The Morgan fingerprint density at radius 1 is 0.360 bits per heavy atom. The van der Waals surface area contributed by atoms with Crippen molar-refractivity contribution in [3.63, 3.8) is 0 Å². The molecule has 0 atom stereocenters. The molecular formula is C65H64O35. The first-order chi connectivity index (χ1) is 46.5. The summed E-state index contributed by atoms with van der Waals surface area (Å²) < 4.78 is 9.58. The number of hydrogen-bond acceptors (Lipinski definition) is 25. The summed E-state index contributed by atoms with van der Waals surface area (Å²) in [6, 6.07) is 28.1. The minimum atomic E-state index is -2.74. The van der Waals surface area contributed by atoms with E-state index in [1.807, 2.05) is 0 Å². The molecule has 0 aromatic heterocycles. The van der Waals surface area contributed by atoms with Gasteiger partial charge in [0.2, 0.25) is 0 Å². The van der Waals surface area contributed by atoms with Crippen LogP contribution in [0.3, 0.4) is 0 Å². The first-order valence-corrected chi connectivity index (χ1v) is 26.9. The van der Waals surface area contributed by atoms with Crippen molar-refractivity contribution in [2.45, 2.75) is 31.3 Å². The molecule has 0 unspecified atom stereocenters. The molecule has 23 N–H and O–H groups in total. The van der Waals surface area contributed by atoms with Gasteiger partial charge in [-0.3, -0.25) is 14.4 Å². The van der Waals surface area contributed by atoms with Crippen LogP contribution in [0, 0.1) is 0 Å². The van der Waals surface area contributed by atoms with Crippen molar-refractivity contribution in [2.24, 2.45) is 0 Å². The number of methoxy groups -OCH3 is 2. The van der Waals surface area contributed by atoms with Gasteiger partial charge in [-0.15, -0.1) is 0 Å². The Kier molecular flexibility index (Phi) is 36.6. The second-order valence-electron chi connectivity index (χ2n) is 18.8. The van der Waals surface area contributed by atoms with Gasteiger partial charge in [-0.25, -0.2) is 33.6 Å². The lowest BCUT2D eigenvalue weighted by Gasteiger charge is -2.18. The van der Waals surface area contributed by atoms with Gasteiger partial charge in [0.05, 0.1) is 38.2 Å². The monoisotopic (exact) mass is 1400 g/mol. The number of aryl methyl sites for hydroxylation is 1. The van der Waals surface area contributed by atoms with Crippen molar-refractivity contribution < 1.29 is 175 Å². The molecular weight excluding hydrogens is 1340 g/mol. The van der Waals surface area contributed by atoms with Crippen molar-refractivity contribution in [1.82, 2.24) is 0 Å². The number of carbonyl (C=O) groups is 10. The van der Waals surface area contributed by atoms with E-state index in [9.17, 15) is 53.1 Å². The number of phenolic OH excluding ortho intramolecular Hbond substituents is 11. The Morgan fingerprint density at radius 3 is 1.14 bits per heavy atom. The van der Waals surface area contributed by atoms with E-state index in [4.69, 9.17) is 122 Å². The number of phenols is 12. The number of benzene rings is 7. The maximum absolute atomic E-state index is 10.4. The van der Waals surface area contributed by atoms with Crippen LogP contribution in [-0.2, 0) is 40.0 Å². The van der Waals surface area contributed by atoms with Crippen molar-refractivity contribution in [2.75, 3.05) is 14.2 Å². The van der Waals surface area contributed by atoms with E-state index in [2.05, 4.69) is 0 Å². The maximum Gasteiger partial charge on any atom is 0.339 e. The molecule has 0 heterocycles. The summed E-state index contributed by atoms with van der Waals surface area (Å²) in [7, 11) is 2.79. The smallest absolute Gasteiger partial charge is 0.339 e. The summed E-state index contributed by atoms with van der Waals surface area (Å²) in [6.45, 7) is 0. The number of aromatic carboxylic acids is 3. The number of carboxylic acids is 10. The van der Waals surface area contributed by atoms with E-state index in [-0.39, 0.29) is 80.6 Å². The lowest BCUT2D eigenvalue weighted by Crippen LogP contribution is -2.42. The summed E-state index contributed by atoms with van der Waals surface area (Å²) in [6.07, 6.45) is 5.30. The molecule has 0 bridgehead atoms. The van der Waals surface area contributed by atoms with Gasteiger partial charge in [-0.1, -0.05) is 30.3 Å². The SMILES string of the molecule is COc1cc(/C=C/C(=O)O)ccc1O.COc1cc(C(=O)O)ccc1O.O=C(O)/C=C/c1ccc(O)c(O)c1.O=C(O)/C=C/c1ccc(O)cc1.O=C(O)CC(O)(CC(=O)O)C(=O)O.O=C(O)CCc1ccc(O)c(O)c1.O=C(O)c1cc(O)c(O)c(O)c1.O=C(O)c1cc(O)ccc1O. The Balaban J connectivity index is 0.00000112. The molecule has 0 saturated heterocycles. The number of aliphatic carboxylic acids is 7. The Labute approximate surface area is 561 Å². The Morgan fingerprint density at radius 2 is 0.750 bits per heavy atom. The average Bonchev–Trinajstić information content (AvgIpc) is 0.866. The molecule has 7 aromatic rings. The molecule has 0 aliphatic carbocycles. The highest BCUT2D eigenvalue weighted by molar-refractivity contribution is 5.92. The van der Waals surface area contributed by atoms with Gasteiger partial charge in [0.25, 0.3) is 0 Å². The molecule has 0 aliphatic heterocycles. The normalized spacial score (nSPS) is 10.1. The van der Waals surface area contributed by atoms with Crippen molar-refractivity contribution >= 4 is 77.9 Å². The van der Waals surface area contributed by atoms with Crippen LogP contribution in [0.2, 0.25) is 0 Å². The molecule has 534 valence electrons. The van der Waals surface area contributed by atoms with E-state index in [0.717, 1.165) is 48.1 Å². The maximum atomic E-state index is 10.4. The fourth-order valence-electron chi connectivity index (χ4n) is 6.45. The predicted octanol–water partition coefficient (Wildman–Crippen LogP) is 6.45. The Hall–Kier alpha value is -14.4. The van der Waals surface area contributed by atoms with Gasteiger partial charge in [-0.2, -0.15) is 0 Å². The third kappa shape index (κ3) is 34.5. The predicted molar refractivity (Wildman–Crippen MR) is 342 cm³/mol. The second-order valence-corrected chi connectivity index (χ2v) is 18.8. The molecule has 0 saturated carbocycles. The molecule has 35 heteroatoms. The third-order valence-electron chi connectivity index (χ3n) is 11.3. The first-order valence-electron chi connectivity index (χ1n) is 26.9. The second kappa shape index (κ2) is 42.8. The van der Waals surface area contributed by atoms with Crippen LogP contribution in [0.4, 0.5) is 0 Å². The molecule has 0 spiro atoms. The zero-order valence-electron chi connectivity index (χ0n) is 51.6. The fraction of sp³-hybridized carbons (Fsp3) is 0.108. The van der Waals surface area contributed by atoms with E-state index in [1.165, 1.54) is 105 Å². The lowest BCUT2D eigenvalue weighted by atomic mass is 9.96. The van der Waals surface area contributed by atoms with Crippen LogP contribution in [0.25, 0.3) is 18.2 Å². The number of aromatic hydroxyl groups is 12. The molecule has 0 amide bonds. The first kappa shape index (κ1) is 85.6. The molecule has 0 aliphatic rings. The standard InChI is InChI=1S/C10H10O4.C9H10O4.C9H8O4.C9H8O3.C8H8O4.C7H6O5.C7H6O4.C6H8O7/c1-14-9-6-7(2-4-8(9)11)3-5-10(12)13;2*10-7-3-1-6(5-8(7)11)2-4-9(12)13;10-8-4-1-7(2-5-8)3-6-9(11)12;1-12-7-4-5(8(10)11)2-3-6(7)9;8-4-1-3(7(11)12)2-5(9)6(4)10;8-4-1-2-6(9)5(3-4)7(10)11;7-3(8)1-6(13,5(11)12)2-4(9)10/h2-6,11H,1H3,(H,12,13);1,3,5,10-11H,2,4H2,(H,12,13);1-5,10-11H,(H,12,13);1-6,10H,(H,11,12);2-4,9H,1H3,(H,10,11);1-2,8-10H,(H,11,12);1-3,8-9H,(H,10,11);13H,1-2H2,(H,7,8)(H,9,10)(H,11,12)/b5-3+;;4-2+;6-3+;;;;. The van der Waals surface area contributed by atoms with Gasteiger partial charge >= 0.3 is 59.7 Å². The summed E-state index contributed by atoms with van der Waals surface area (Å²) >= 11 is 0. The molecule has 7 rings (SSSR count). The van der Waals surface area contributed by atoms with Crippen molar-refractivity contribution in [3.8, 4) is 80.5 Å². The van der Waals surface area contributed by atoms with E-state index < -0.39 is 95.4 Å². The highest BCUT2D eigenvalue weighted by Gasteiger charge is 2.40. The van der Waals surface area contributed by atoms with Gasteiger partial charge < -0.3 is 127 Å². The topological polar surface area (TPSA) is 654 Å². The summed E-state index contributed by atoms with van der Waals surface area (Å²) in [5.74, 6) is -15.4. The van der Waals surface area contributed by atoms with Crippen LogP contribution in [0.15, 0.2) is 146 Å². The van der Waals surface area contributed by atoms with Gasteiger partial charge in [0.1, 0.15) is 22.8 Å². The highest BCUT2D eigenvalue weighted by atomic mass is 16.5. The van der Waals surface area contributed by atoms with Gasteiger partial charge in [-0.05, 0) is 144 Å². The lowest BCUT2D eigenvalue weighted by molar-refractivity contribution is -0.170. The molecule has 35 nitrogen and oxygen atoms in total. The fourth-order valence-corrected chi connectivity index (χ4v) is 6.45. The number of aliphatic hydroxyl groups is 1. The van der Waals surface area contributed by atoms with Crippen molar-refractivity contribution in [1.29, 1.82) is 0 Å². The summed E-state index contributed by atoms with van der Waals surface area (Å²) in [5, 5.41) is 200. The number of ether oxygens (including phenoxy) is 2. The summed E-state index contributed by atoms with van der Waals surface area (Å²) in [5.41, 5.74) is -0.636. The van der Waals surface area contributed by atoms with Crippen LogP contribution in [0.1, 0.15) is 72.6 Å². The van der Waals surface area contributed by atoms with Crippen LogP contribution in [0.5, 0.6) is 80.5 Å². The summed E-state index contributed by atoms with van der Waals surface area (Å²) in [4.78, 5) is 102. The zero-order valence-corrected chi connectivity index (χ0v) is 51.6. The molecule has 7 aromatic carbocycles. The van der Waals surface area contributed by atoms with E-state index in [0.29, 0.717) is 28.9 Å². The quantitative estimate of drug-likeness (QED) is 0.0235. The number of rotatable bonds is 19. The third-order valence-corrected chi connectivity index (χ3v) is 11.3. The molecule has 0 fully saturated rings. The number of hydrogen-bond donors (Lipinski definition) is 23. The zero-order chi connectivity index (χ0) is 76.7. The molecule has 0 radical (unpaired) electrons. The minimum Gasteiger partial charge on any atom is -0.508 e. The van der Waals surface area contributed by atoms with E-state index >= 15 is 0 Å². The van der Waals surface area contributed by atoms with Gasteiger partial charge in [0, 0.05) is 24.6 Å².